The Morgan fingerprint density at radius 3 is 2.54 bits per heavy atom. The molecule has 1 heterocycles. The number of amides is 2. The quantitative estimate of drug-likeness (QED) is 0.304. The second-order valence-corrected chi connectivity index (χ2v) is 12.4. The number of hydrogen-bond donors (Lipinski definition) is 3. The minimum absolute atomic E-state index is 0.0984. The van der Waals surface area contributed by atoms with Gasteiger partial charge in [0, 0.05) is 37.1 Å². The van der Waals surface area contributed by atoms with Crippen LogP contribution in [-0.4, -0.2) is 70.2 Å². The van der Waals surface area contributed by atoms with Gasteiger partial charge in [-0.2, -0.15) is 11.8 Å². The van der Waals surface area contributed by atoms with E-state index in [0.29, 0.717) is 36.9 Å². The van der Waals surface area contributed by atoms with Crippen LogP contribution in [0, 0.1) is 5.92 Å². The van der Waals surface area contributed by atoms with Gasteiger partial charge in [0.2, 0.25) is 11.8 Å². The number of thioether (sulfide) groups is 2. The van der Waals surface area contributed by atoms with E-state index in [2.05, 4.69) is 15.5 Å². The van der Waals surface area contributed by atoms with Crippen LogP contribution < -0.4 is 15.4 Å². The zero-order chi connectivity index (χ0) is 27.3. The van der Waals surface area contributed by atoms with E-state index < -0.39 is 6.04 Å². The van der Waals surface area contributed by atoms with E-state index in [1.165, 1.54) is 32.1 Å². The molecule has 212 valence electrons. The average Bonchev–Trinajstić information content (AvgIpc) is 3.45. The molecule has 2 aromatic rings. The third-order valence-corrected chi connectivity index (χ3v) is 9.59. The van der Waals surface area contributed by atoms with Crippen molar-refractivity contribution >= 4 is 35.3 Å². The lowest BCUT2D eigenvalue weighted by atomic mass is 9.91. The number of aliphatic hydroxyl groups excluding tert-OH is 1. The van der Waals surface area contributed by atoms with Crippen LogP contribution in [0.4, 0.5) is 0 Å². The van der Waals surface area contributed by atoms with Crippen molar-refractivity contribution in [2.24, 2.45) is 5.92 Å². The van der Waals surface area contributed by atoms with E-state index >= 15 is 0 Å². The van der Waals surface area contributed by atoms with Crippen LogP contribution >= 0.6 is 23.5 Å². The van der Waals surface area contributed by atoms with E-state index in [1.54, 1.807) is 23.5 Å². The Labute approximate surface area is 240 Å². The summed E-state index contributed by atoms with van der Waals surface area (Å²) in [5, 5.41) is 15.3. The Kier molecular flexibility index (Phi) is 12.3. The summed E-state index contributed by atoms with van der Waals surface area (Å²) in [6, 6.07) is 16.4. The van der Waals surface area contributed by atoms with E-state index in [0.717, 1.165) is 28.7 Å². The van der Waals surface area contributed by atoms with Crippen molar-refractivity contribution in [2.45, 2.75) is 57.2 Å². The summed E-state index contributed by atoms with van der Waals surface area (Å²) in [6.45, 7) is 1.17. The lowest BCUT2D eigenvalue weighted by Crippen LogP contribution is -2.54. The Morgan fingerprint density at radius 1 is 1.05 bits per heavy atom. The molecule has 3 N–H and O–H groups in total. The van der Waals surface area contributed by atoms with E-state index in [4.69, 9.17) is 4.74 Å². The molecule has 1 aliphatic heterocycles. The van der Waals surface area contributed by atoms with Crippen LogP contribution in [0.3, 0.4) is 0 Å². The first-order chi connectivity index (χ1) is 19.1. The van der Waals surface area contributed by atoms with Gasteiger partial charge in [0.25, 0.3) is 0 Å². The van der Waals surface area contributed by atoms with Gasteiger partial charge in [0.15, 0.2) is 0 Å². The van der Waals surface area contributed by atoms with Gasteiger partial charge in [-0.25, -0.2) is 0 Å². The normalized spacial score (nSPS) is 18.9. The smallest absolute Gasteiger partial charge is 0.243 e. The highest BCUT2D eigenvalue weighted by atomic mass is 32.2. The molecule has 0 spiro atoms. The SMILES string of the molecule is O=C(NCc1ccc(Oc2ccccc2)cc1)[C@H](CSCC1CCCCC1)NC(=O)[C@@H]1CSCN1CCCO. The monoisotopic (exact) mass is 571 g/mol. The first-order valence-corrected chi connectivity index (χ1v) is 16.3. The minimum Gasteiger partial charge on any atom is -0.457 e. The molecule has 0 aromatic heterocycles. The molecule has 7 nitrogen and oxygen atoms in total. The Balaban J connectivity index is 1.31. The van der Waals surface area contributed by atoms with Gasteiger partial charge in [0.05, 0.1) is 6.04 Å². The Morgan fingerprint density at radius 2 is 1.79 bits per heavy atom. The number of ether oxygens (including phenoxy) is 1. The summed E-state index contributed by atoms with van der Waals surface area (Å²) in [6.07, 6.45) is 7.08. The van der Waals surface area contributed by atoms with Gasteiger partial charge >= 0.3 is 0 Å². The number of rotatable bonds is 14. The van der Waals surface area contributed by atoms with Crippen molar-refractivity contribution < 1.29 is 19.4 Å². The predicted octanol–water partition coefficient (Wildman–Crippen LogP) is 4.65. The fraction of sp³-hybridized carbons (Fsp3) is 0.533. The maximum atomic E-state index is 13.3. The molecule has 2 aliphatic rings. The highest BCUT2D eigenvalue weighted by Gasteiger charge is 2.33. The molecule has 2 aromatic carbocycles. The number of hydrogen-bond acceptors (Lipinski definition) is 7. The van der Waals surface area contributed by atoms with Crippen molar-refractivity contribution in [3.8, 4) is 11.5 Å². The second-order valence-electron chi connectivity index (χ2n) is 10.3. The van der Waals surface area contributed by atoms with Gasteiger partial charge in [0.1, 0.15) is 17.5 Å². The van der Waals surface area contributed by atoms with E-state index in [9.17, 15) is 14.7 Å². The van der Waals surface area contributed by atoms with Gasteiger partial charge in [-0.3, -0.25) is 14.5 Å². The maximum absolute atomic E-state index is 13.3. The molecule has 1 aliphatic carbocycles. The Bertz CT molecular complexity index is 1020. The van der Waals surface area contributed by atoms with Gasteiger partial charge in [-0.15, -0.1) is 11.8 Å². The molecule has 4 rings (SSSR count). The predicted molar refractivity (Wildman–Crippen MR) is 160 cm³/mol. The van der Waals surface area contributed by atoms with E-state index in [1.807, 2.05) is 54.6 Å². The lowest BCUT2D eigenvalue weighted by Gasteiger charge is -2.26. The molecular weight excluding hydrogens is 530 g/mol. The summed E-state index contributed by atoms with van der Waals surface area (Å²) in [4.78, 5) is 28.6. The second kappa shape index (κ2) is 16.2. The fourth-order valence-electron chi connectivity index (χ4n) is 4.98. The molecule has 1 saturated heterocycles. The van der Waals surface area contributed by atoms with Crippen molar-refractivity contribution in [1.29, 1.82) is 0 Å². The number of para-hydroxylation sites is 1. The van der Waals surface area contributed by atoms with Crippen molar-refractivity contribution in [1.82, 2.24) is 15.5 Å². The van der Waals surface area contributed by atoms with Crippen LogP contribution in [0.15, 0.2) is 54.6 Å². The van der Waals surface area contributed by atoms with Crippen LogP contribution in [0.25, 0.3) is 0 Å². The zero-order valence-corrected chi connectivity index (χ0v) is 24.2. The van der Waals surface area contributed by atoms with Gasteiger partial charge < -0.3 is 20.5 Å². The summed E-state index contributed by atoms with van der Waals surface area (Å²) >= 11 is 3.49. The molecule has 0 unspecified atom stereocenters. The number of nitrogens with one attached hydrogen (secondary N) is 2. The third-order valence-electron chi connectivity index (χ3n) is 7.24. The van der Waals surface area contributed by atoms with E-state index in [-0.39, 0.29) is 24.5 Å². The summed E-state index contributed by atoms with van der Waals surface area (Å²) in [7, 11) is 0. The number of nitrogens with zero attached hydrogens (tertiary/aromatic N) is 1. The number of carbonyl (C=O) groups is 2. The topological polar surface area (TPSA) is 90.9 Å². The highest BCUT2D eigenvalue weighted by molar-refractivity contribution is 7.99. The molecule has 0 bridgehead atoms. The van der Waals surface area contributed by atoms with Crippen LogP contribution in [-0.2, 0) is 16.1 Å². The van der Waals surface area contributed by atoms with Crippen LogP contribution in [0.1, 0.15) is 44.1 Å². The molecular formula is C30H41N3O4S2. The summed E-state index contributed by atoms with van der Waals surface area (Å²) in [5.41, 5.74) is 0.964. The van der Waals surface area contributed by atoms with Crippen LogP contribution in [0.2, 0.25) is 0 Å². The number of carbonyl (C=O) groups excluding carboxylic acids is 2. The standard InChI is InChI=1S/C30H41N3O4S2/c34-17-7-16-33-22-39-21-28(33)30(36)32-27(20-38-19-24-8-3-1-4-9-24)29(35)31-18-23-12-14-26(15-13-23)37-25-10-5-2-6-11-25/h2,5-6,10-15,24,27-28,34H,1,3-4,7-9,16-22H2,(H,31,35)(H,32,36)/t27-,28-/m0/s1. The molecule has 2 amide bonds. The third kappa shape index (κ3) is 9.74. The average molecular weight is 572 g/mol. The fourth-order valence-corrected chi connectivity index (χ4v) is 7.49. The molecule has 0 radical (unpaired) electrons. The maximum Gasteiger partial charge on any atom is 0.243 e. The first kappa shape index (κ1) is 29.8. The van der Waals surface area contributed by atoms with Crippen molar-refractivity contribution in [2.75, 3.05) is 36.3 Å². The number of aliphatic hydroxyl groups is 1. The van der Waals surface area contributed by atoms with Crippen molar-refractivity contribution in [3.63, 3.8) is 0 Å². The summed E-state index contributed by atoms with van der Waals surface area (Å²) < 4.78 is 5.86. The van der Waals surface area contributed by atoms with Gasteiger partial charge in [-0.1, -0.05) is 49.6 Å². The Hall–Kier alpha value is -2.20. The largest absolute Gasteiger partial charge is 0.457 e. The molecule has 9 heteroatoms. The summed E-state index contributed by atoms with van der Waals surface area (Å²) in [5.74, 6) is 5.04. The van der Waals surface area contributed by atoms with Crippen molar-refractivity contribution in [3.05, 3.63) is 60.2 Å². The first-order valence-electron chi connectivity index (χ1n) is 14.0. The number of benzene rings is 2. The molecule has 2 atom stereocenters. The highest BCUT2D eigenvalue weighted by Crippen LogP contribution is 2.27. The molecule has 2 fully saturated rings. The lowest BCUT2D eigenvalue weighted by molar-refractivity contribution is -0.130. The van der Waals surface area contributed by atoms with Gasteiger partial charge in [-0.05, 0) is 60.8 Å². The van der Waals surface area contributed by atoms with Crippen LogP contribution in [0.5, 0.6) is 11.5 Å². The zero-order valence-electron chi connectivity index (χ0n) is 22.6. The molecule has 39 heavy (non-hydrogen) atoms. The minimum atomic E-state index is -0.586. The molecule has 1 saturated carbocycles.